The van der Waals surface area contributed by atoms with Gasteiger partial charge in [-0.3, -0.25) is 20.0 Å². The molecule has 6 nitrogen and oxygen atoms in total. The lowest BCUT2D eigenvalue weighted by atomic mass is 10.0. The lowest BCUT2D eigenvalue weighted by Gasteiger charge is -2.17. The van der Waals surface area contributed by atoms with Crippen LogP contribution in [0, 0.1) is 0 Å². The van der Waals surface area contributed by atoms with Crippen LogP contribution in [-0.2, 0) is 0 Å². The SMILES string of the molecule is O=C(CCCC[C@@H]1SC[C@@H]2NC(O)N[C@@H]21)n1ccnc1. The Labute approximate surface area is 122 Å². The second-order valence-electron chi connectivity index (χ2n) is 5.35. The Morgan fingerprint density at radius 2 is 2.35 bits per heavy atom. The predicted octanol–water partition coefficient (Wildman–Crippen LogP) is 0.405. The second kappa shape index (κ2) is 6.26. The van der Waals surface area contributed by atoms with Gasteiger partial charge in [0.25, 0.3) is 0 Å². The van der Waals surface area contributed by atoms with E-state index in [1.54, 1.807) is 23.3 Å². The molecule has 4 atom stereocenters. The monoisotopic (exact) mass is 296 g/mol. The van der Waals surface area contributed by atoms with E-state index < -0.39 is 6.35 Å². The number of aliphatic hydroxyl groups excluding tert-OH is 1. The number of imidazole rings is 1. The molecule has 2 aliphatic heterocycles. The van der Waals surface area contributed by atoms with E-state index in [9.17, 15) is 9.90 Å². The molecule has 2 aliphatic rings. The molecular formula is C13H20N4O2S. The van der Waals surface area contributed by atoms with Crippen molar-refractivity contribution in [1.82, 2.24) is 20.2 Å². The molecule has 0 aliphatic carbocycles. The van der Waals surface area contributed by atoms with Gasteiger partial charge in [0.15, 0.2) is 6.35 Å². The summed E-state index contributed by atoms with van der Waals surface area (Å²) in [6.07, 6.45) is 7.90. The third-order valence-electron chi connectivity index (χ3n) is 3.97. The van der Waals surface area contributed by atoms with Crippen LogP contribution < -0.4 is 10.6 Å². The van der Waals surface area contributed by atoms with Gasteiger partial charge in [-0.2, -0.15) is 11.8 Å². The minimum atomic E-state index is -0.559. The summed E-state index contributed by atoms with van der Waals surface area (Å²) in [4.78, 5) is 15.7. The van der Waals surface area contributed by atoms with Gasteiger partial charge >= 0.3 is 0 Å². The summed E-state index contributed by atoms with van der Waals surface area (Å²) >= 11 is 1.96. The average Bonchev–Trinajstić information content (AvgIpc) is 3.11. The van der Waals surface area contributed by atoms with Crippen molar-refractivity contribution >= 4 is 17.7 Å². The summed E-state index contributed by atoms with van der Waals surface area (Å²) in [6.45, 7) is 0. The van der Waals surface area contributed by atoms with Crippen LogP contribution in [-0.4, -0.2) is 50.0 Å². The number of carbonyl (C=O) groups excluding carboxylic acids is 1. The van der Waals surface area contributed by atoms with E-state index in [0.29, 0.717) is 23.8 Å². The van der Waals surface area contributed by atoms with E-state index in [-0.39, 0.29) is 5.91 Å². The zero-order valence-electron chi connectivity index (χ0n) is 11.2. The molecule has 1 aromatic rings. The lowest BCUT2D eigenvalue weighted by Crippen LogP contribution is -2.37. The number of unbranched alkanes of at least 4 members (excludes halogenated alkanes) is 1. The number of carbonyl (C=O) groups is 1. The molecule has 110 valence electrons. The Kier molecular flexibility index (Phi) is 4.40. The van der Waals surface area contributed by atoms with Crippen LogP contribution in [0.25, 0.3) is 0 Å². The highest BCUT2D eigenvalue weighted by atomic mass is 32.2. The van der Waals surface area contributed by atoms with Crippen molar-refractivity contribution in [2.45, 2.75) is 49.4 Å². The van der Waals surface area contributed by atoms with Crippen LogP contribution >= 0.6 is 11.8 Å². The van der Waals surface area contributed by atoms with Gasteiger partial charge < -0.3 is 5.11 Å². The molecule has 0 saturated carbocycles. The first-order valence-electron chi connectivity index (χ1n) is 7.07. The number of aliphatic hydroxyl groups is 1. The first-order chi connectivity index (χ1) is 9.74. The Hall–Kier alpha value is -0.890. The van der Waals surface area contributed by atoms with Crippen molar-refractivity contribution < 1.29 is 9.90 Å². The van der Waals surface area contributed by atoms with Gasteiger partial charge in [0.1, 0.15) is 6.33 Å². The molecule has 1 unspecified atom stereocenters. The van der Waals surface area contributed by atoms with Crippen LogP contribution in [0.5, 0.6) is 0 Å². The number of hydrogen-bond donors (Lipinski definition) is 3. The molecule has 3 rings (SSSR count). The topological polar surface area (TPSA) is 79.2 Å². The Bertz CT molecular complexity index is 453. The van der Waals surface area contributed by atoms with Crippen LogP contribution in [0.15, 0.2) is 18.7 Å². The van der Waals surface area contributed by atoms with Crippen molar-refractivity contribution in [2.75, 3.05) is 5.75 Å². The van der Waals surface area contributed by atoms with E-state index in [1.807, 2.05) is 11.8 Å². The zero-order valence-corrected chi connectivity index (χ0v) is 12.1. The van der Waals surface area contributed by atoms with Crippen molar-refractivity contribution in [3.8, 4) is 0 Å². The maximum Gasteiger partial charge on any atom is 0.231 e. The van der Waals surface area contributed by atoms with Crippen molar-refractivity contribution in [2.24, 2.45) is 0 Å². The fraction of sp³-hybridized carbons (Fsp3) is 0.692. The number of nitrogens with one attached hydrogen (secondary N) is 2. The summed E-state index contributed by atoms with van der Waals surface area (Å²) in [5, 5.41) is 16.4. The van der Waals surface area contributed by atoms with Crippen LogP contribution in [0.3, 0.4) is 0 Å². The molecule has 2 fully saturated rings. The van der Waals surface area contributed by atoms with Crippen molar-refractivity contribution in [3.05, 3.63) is 18.7 Å². The molecule has 2 saturated heterocycles. The highest BCUT2D eigenvalue weighted by Crippen LogP contribution is 2.33. The Balaban J connectivity index is 1.37. The number of fused-ring (bicyclic) bond motifs is 1. The fourth-order valence-corrected chi connectivity index (χ4v) is 4.49. The quantitative estimate of drug-likeness (QED) is 0.683. The molecule has 3 heterocycles. The Morgan fingerprint density at radius 3 is 3.15 bits per heavy atom. The molecule has 0 radical (unpaired) electrons. The molecule has 0 amide bonds. The summed E-state index contributed by atoms with van der Waals surface area (Å²) in [7, 11) is 0. The summed E-state index contributed by atoms with van der Waals surface area (Å²) in [6, 6.07) is 0.743. The molecule has 0 spiro atoms. The normalized spacial score (nSPS) is 32.5. The number of nitrogens with zero attached hydrogens (tertiary/aromatic N) is 2. The van der Waals surface area contributed by atoms with Gasteiger partial charge in [0.2, 0.25) is 5.91 Å². The van der Waals surface area contributed by atoms with Crippen LogP contribution in [0.1, 0.15) is 30.5 Å². The molecule has 0 aromatic carbocycles. The fourth-order valence-electron chi connectivity index (χ4n) is 2.92. The summed E-state index contributed by atoms with van der Waals surface area (Å²) in [5.41, 5.74) is 0. The molecule has 7 heteroatoms. The minimum Gasteiger partial charge on any atom is -0.365 e. The number of rotatable bonds is 5. The predicted molar refractivity (Wildman–Crippen MR) is 77.4 cm³/mol. The Morgan fingerprint density at radius 1 is 1.45 bits per heavy atom. The maximum atomic E-state index is 11.8. The zero-order chi connectivity index (χ0) is 13.9. The molecule has 3 N–H and O–H groups in total. The van der Waals surface area contributed by atoms with Gasteiger partial charge in [0, 0.05) is 41.9 Å². The minimum absolute atomic E-state index is 0.107. The summed E-state index contributed by atoms with van der Waals surface area (Å²) < 4.78 is 1.54. The van der Waals surface area contributed by atoms with Crippen molar-refractivity contribution in [3.63, 3.8) is 0 Å². The number of aromatic nitrogens is 2. The average molecular weight is 296 g/mol. The smallest absolute Gasteiger partial charge is 0.231 e. The number of thioether (sulfide) groups is 1. The van der Waals surface area contributed by atoms with E-state index in [1.165, 1.54) is 0 Å². The molecule has 1 aromatic heterocycles. The first-order valence-corrected chi connectivity index (χ1v) is 8.12. The highest BCUT2D eigenvalue weighted by molar-refractivity contribution is 8.00. The van der Waals surface area contributed by atoms with Gasteiger partial charge in [-0.05, 0) is 12.8 Å². The molecular weight excluding hydrogens is 276 g/mol. The van der Waals surface area contributed by atoms with Crippen LogP contribution in [0.2, 0.25) is 0 Å². The second-order valence-corrected chi connectivity index (χ2v) is 6.62. The van der Waals surface area contributed by atoms with E-state index in [2.05, 4.69) is 15.6 Å². The molecule has 0 bridgehead atoms. The van der Waals surface area contributed by atoms with Gasteiger partial charge in [-0.25, -0.2) is 4.98 Å². The standard InChI is InChI=1S/C13H20N4O2S/c18-11(17-6-5-14-8-17)4-2-1-3-10-12-9(7-20-10)15-13(19)16-12/h5-6,8-10,12-13,15-16,19H,1-4,7H2/t9-,10-,12-,13?/m0/s1. The van der Waals surface area contributed by atoms with Crippen molar-refractivity contribution in [1.29, 1.82) is 0 Å². The van der Waals surface area contributed by atoms with Gasteiger partial charge in [-0.15, -0.1) is 0 Å². The largest absolute Gasteiger partial charge is 0.365 e. The van der Waals surface area contributed by atoms with E-state index in [4.69, 9.17) is 0 Å². The van der Waals surface area contributed by atoms with E-state index >= 15 is 0 Å². The first kappa shape index (κ1) is 14.1. The van der Waals surface area contributed by atoms with Crippen LogP contribution in [0.4, 0.5) is 0 Å². The molecule has 20 heavy (non-hydrogen) atoms. The highest BCUT2D eigenvalue weighted by Gasteiger charge is 2.42. The van der Waals surface area contributed by atoms with Gasteiger partial charge in [0.05, 0.1) is 0 Å². The maximum absolute atomic E-state index is 11.8. The third-order valence-corrected chi connectivity index (χ3v) is 5.48. The number of hydrogen-bond acceptors (Lipinski definition) is 6. The lowest BCUT2D eigenvalue weighted by molar-refractivity contribution is 0.0899. The van der Waals surface area contributed by atoms with Gasteiger partial charge in [-0.1, -0.05) is 6.42 Å². The van der Waals surface area contributed by atoms with E-state index in [0.717, 1.165) is 25.0 Å². The summed E-state index contributed by atoms with van der Waals surface area (Å²) in [5.74, 6) is 1.16. The third kappa shape index (κ3) is 3.06.